The van der Waals surface area contributed by atoms with Gasteiger partial charge in [0.2, 0.25) is 0 Å². The Balaban J connectivity index is 2.62. The maximum absolute atomic E-state index is 13.4. The molecule has 0 saturated carbocycles. The fourth-order valence-electron chi connectivity index (χ4n) is 2.82. The van der Waals surface area contributed by atoms with Crippen LogP contribution in [0.5, 0.6) is 0 Å². The van der Waals surface area contributed by atoms with Gasteiger partial charge in [0.05, 0.1) is 7.11 Å². The van der Waals surface area contributed by atoms with Crippen molar-refractivity contribution in [1.82, 2.24) is 0 Å². The number of aliphatic hydroxyl groups is 1. The maximum Gasteiger partial charge on any atom is 0.428 e. The van der Waals surface area contributed by atoms with Gasteiger partial charge in [0.1, 0.15) is 0 Å². The number of carbonyl (C=O) groups excluding carboxylic acids is 1. The van der Waals surface area contributed by atoms with E-state index in [1.165, 1.54) is 6.07 Å². The van der Waals surface area contributed by atoms with Gasteiger partial charge < -0.3 is 9.84 Å². The Morgan fingerprint density at radius 3 is 2.32 bits per heavy atom. The molecular formula is C19H21F3O3. The minimum Gasteiger partial charge on any atom is -0.467 e. The first kappa shape index (κ1) is 19.2. The molecule has 0 aromatic carbocycles. The average molecular weight is 354 g/mol. The second-order valence-electron chi connectivity index (χ2n) is 6.53. The Labute approximate surface area is 144 Å². The van der Waals surface area contributed by atoms with E-state index in [1.54, 1.807) is 12.1 Å². The Hall–Kier alpha value is -2.08. The molecule has 0 aromatic heterocycles. The molecule has 2 rings (SSSR count). The van der Waals surface area contributed by atoms with Gasteiger partial charge in [-0.25, -0.2) is 4.79 Å². The van der Waals surface area contributed by atoms with Crippen molar-refractivity contribution in [3.05, 3.63) is 47.0 Å². The van der Waals surface area contributed by atoms with E-state index in [-0.39, 0.29) is 11.5 Å². The number of ether oxygens (including phenoxy) is 1. The lowest BCUT2D eigenvalue weighted by Crippen LogP contribution is -2.54. The van der Waals surface area contributed by atoms with Gasteiger partial charge in [-0.2, -0.15) is 13.2 Å². The van der Waals surface area contributed by atoms with Crippen molar-refractivity contribution >= 4 is 5.97 Å². The van der Waals surface area contributed by atoms with Crippen LogP contribution in [-0.4, -0.2) is 30.0 Å². The lowest BCUT2D eigenvalue weighted by molar-refractivity contribution is -0.261. The molecule has 0 aliphatic heterocycles. The summed E-state index contributed by atoms with van der Waals surface area (Å²) in [4.78, 5) is 11.7. The molecule has 1 N–H and O–H groups in total. The van der Waals surface area contributed by atoms with Gasteiger partial charge in [0, 0.05) is 6.42 Å². The topological polar surface area (TPSA) is 46.5 Å². The third kappa shape index (κ3) is 3.49. The van der Waals surface area contributed by atoms with Crippen molar-refractivity contribution in [2.24, 2.45) is 0 Å². The number of hydrogen-bond donors (Lipinski definition) is 1. The molecule has 1 unspecified atom stereocenters. The zero-order chi connectivity index (χ0) is 19.0. The molecule has 0 radical (unpaired) electrons. The predicted octanol–water partition coefficient (Wildman–Crippen LogP) is 4.23. The molecule has 2 aliphatic carbocycles. The number of halogens is 3. The van der Waals surface area contributed by atoms with Gasteiger partial charge in [0.25, 0.3) is 5.60 Å². The van der Waals surface area contributed by atoms with Crippen LogP contribution >= 0.6 is 0 Å². The largest absolute Gasteiger partial charge is 0.467 e. The van der Waals surface area contributed by atoms with Crippen LogP contribution in [0.4, 0.5) is 13.2 Å². The van der Waals surface area contributed by atoms with Crippen LogP contribution in [0.3, 0.4) is 0 Å². The number of methoxy groups -OCH3 is 1. The summed E-state index contributed by atoms with van der Waals surface area (Å²) in [6.07, 6.45) is -6.06. The van der Waals surface area contributed by atoms with Gasteiger partial charge >= 0.3 is 12.1 Å². The first-order valence-electron chi connectivity index (χ1n) is 7.91. The van der Waals surface area contributed by atoms with Crippen molar-refractivity contribution in [3.63, 3.8) is 0 Å². The van der Waals surface area contributed by atoms with Crippen molar-refractivity contribution in [3.8, 4) is 11.1 Å². The van der Waals surface area contributed by atoms with E-state index in [4.69, 9.17) is 0 Å². The van der Waals surface area contributed by atoms with E-state index in [0.717, 1.165) is 23.8 Å². The van der Waals surface area contributed by atoms with Gasteiger partial charge in [-0.05, 0) is 40.7 Å². The minimum atomic E-state index is -5.15. The highest BCUT2D eigenvalue weighted by atomic mass is 19.4. The van der Waals surface area contributed by atoms with E-state index in [0.29, 0.717) is 5.56 Å². The number of alkyl halides is 3. The number of carbonyl (C=O) groups is 1. The zero-order valence-corrected chi connectivity index (χ0v) is 14.6. The van der Waals surface area contributed by atoms with Crippen LogP contribution in [0.2, 0.25) is 0 Å². The van der Waals surface area contributed by atoms with Crippen LogP contribution < -0.4 is 0 Å². The van der Waals surface area contributed by atoms with E-state index in [2.05, 4.69) is 4.74 Å². The summed E-state index contributed by atoms with van der Waals surface area (Å²) < 4.78 is 44.4. The van der Waals surface area contributed by atoms with Gasteiger partial charge in [-0.15, -0.1) is 0 Å². The van der Waals surface area contributed by atoms with Gasteiger partial charge in [-0.1, -0.05) is 44.2 Å². The van der Waals surface area contributed by atoms with Crippen LogP contribution in [-0.2, 0) is 16.0 Å². The molecule has 3 nitrogen and oxygen atoms in total. The molecule has 2 aliphatic rings. The highest BCUT2D eigenvalue weighted by molar-refractivity contribution is 5.82. The standard InChI is InChI=1S/C19H21F3O3/c1-11(2)13-6-7-14(15-8-5-12(3)16(15)9-13)10-18(24,17(23)25-4)19(20,21)22/h5-9,11,24H,10H2,1-4H3. The van der Waals surface area contributed by atoms with Crippen LogP contribution in [0.25, 0.3) is 11.1 Å². The highest BCUT2D eigenvalue weighted by Gasteiger charge is 2.60. The molecule has 25 heavy (non-hydrogen) atoms. The Bertz CT molecular complexity index is 752. The fourth-order valence-corrected chi connectivity index (χ4v) is 2.82. The molecule has 136 valence electrons. The molecule has 0 spiro atoms. The lowest BCUT2D eigenvalue weighted by Gasteiger charge is -2.28. The van der Waals surface area contributed by atoms with Gasteiger partial charge in [0.15, 0.2) is 0 Å². The Morgan fingerprint density at radius 2 is 1.80 bits per heavy atom. The average Bonchev–Trinajstić information content (AvgIpc) is 2.77. The van der Waals surface area contributed by atoms with Crippen LogP contribution in [0.15, 0.2) is 30.3 Å². The second kappa shape index (κ2) is 6.67. The summed E-state index contributed by atoms with van der Waals surface area (Å²) in [5.41, 5.74) is -0.0944. The number of rotatable bonds is 4. The summed E-state index contributed by atoms with van der Waals surface area (Å²) in [5.74, 6) is -1.54. The molecule has 0 saturated heterocycles. The Kier molecular flexibility index (Phi) is 5.14. The third-order valence-electron chi connectivity index (χ3n) is 4.45. The maximum atomic E-state index is 13.4. The zero-order valence-electron chi connectivity index (χ0n) is 14.6. The van der Waals surface area contributed by atoms with E-state index in [1.807, 2.05) is 32.9 Å². The van der Waals surface area contributed by atoms with Crippen LogP contribution in [0, 0.1) is 6.92 Å². The summed E-state index contributed by atoms with van der Waals surface area (Å²) in [7, 11) is 0.823. The monoisotopic (exact) mass is 354 g/mol. The molecule has 0 fully saturated rings. The number of esters is 1. The minimum absolute atomic E-state index is 0.180. The smallest absolute Gasteiger partial charge is 0.428 e. The summed E-state index contributed by atoms with van der Waals surface area (Å²) in [6.45, 7) is 5.84. The van der Waals surface area contributed by atoms with Crippen molar-refractivity contribution in [1.29, 1.82) is 0 Å². The van der Waals surface area contributed by atoms with E-state index in [9.17, 15) is 23.1 Å². The normalized spacial score (nSPS) is 14.6. The second-order valence-corrected chi connectivity index (χ2v) is 6.53. The van der Waals surface area contributed by atoms with E-state index >= 15 is 0 Å². The predicted molar refractivity (Wildman–Crippen MR) is 88.6 cm³/mol. The fraction of sp³-hybridized carbons (Fsp3) is 0.421. The van der Waals surface area contributed by atoms with E-state index < -0.39 is 24.2 Å². The van der Waals surface area contributed by atoms with Crippen molar-refractivity contribution in [2.75, 3.05) is 7.11 Å². The van der Waals surface area contributed by atoms with Crippen LogP contribution in [0.1, 0.15) is 36.5 Å². The molecule has 0 bridgehead atoms. The molecule has 0 aromatic rings. The SMILES string of the molecule is COC(=O)C(O)(Cc1ccc(C(C)C)cc2c(C)ccc1-2)C(F)(F)F. The number of hydrogen-bond acceptors (Lipinski definition) is 3. The number of aryl methyl sites for hydroxylation is 1. The quantitative estimate of drug-likeness (QED) is 0.836. The molecule has 0 heterocycles. The Morgan fingerprint density at radius 1 is 1.16 bits per heavy atom. The highest BCUT2D eigenvalue weighted by Crippen LogP contribution is 2.39. The first-order valence-corrected chi connectivity index (χ1v) is 7.91. The first-order chi connectivity index (χ1) is 11.5. The third-order valence-corrected chi connectivity index (χ3v) is 4.45. The van der Waals surface area contributed by atoms with Crippen molar-refractivity contribution in [2.45, 2.75) is 44.9 Å². The van der Waals surface area contributed by atoms with Gasteiger partial charge in [-0.3, -0.25) is 0 Å². The molecular weight excluding hydrogens is 333 g/mol. The van der Waals surface area contributed by atoms with Crippen molar-refractivity contribution < 1.29 is 27.8 Å². The number of fused-ring (bicyclic) bond motifs is 1. The summed E-state index contributed by atoms with van der Waals surface area (Å²) in [5, 5.41) is 10.1. The molecule has 6 heteroatoms. The molecule has 0 amide bonds. The summed E-state index contributed by atoms with van der Waals surface area (Å²) in [6, 6.07) is 8.72. The lowest BCUT2D eigenvalue weighted by atomic mass is 9.91. The summed E-state index contributed by atoms with van der Waals surface area (Å²) >= 11 is 0. The molecule has 1 atom stereocenters.